The zero-order chi connectivity index (χ0) is 21.2. The lowest BCUT2D eigenvalue weighted by atomic mass is 10.1. The summed E-state index contributed by atoms with van der Waals surface area (Å²) >= 11 is 0. The summed E-state index contributed by atoms with van der Waals surface area (Å²) in [6.45, 7) is 2.38. The van der Waals surface area contributed by atoms with Crippen molar-refractivity contribution in [2.24, 2.45) is 0 Å². The van der Waals surface area contributed by atoms with Crippen molar-refractivity contribution in [2.75, 3.05) is 20.3 Å². The summed E-state index contributed by atoms with van der Waals surface area (Å²) in [5, 5.41) is 10.6. The van der Waals surface area contributed by atoms with Crippen LogP contribution in [0.25, 0.3) is 0 Å². The van der Waals surface area contributed by atoms with Crippen LogP contribution in [0.4, 0.5) is 0 Å². The fourth-order valence-corrected chi connectivity index (χ4v) is 3.37. The number of hydrogen-bond acceptors (Lipinski definition) is 4. The molecule has 0 aliphatic carbocycles. The molecule has 156 valence electrons. The van der Waals surface area contributed by atoms with Gasteiger partial charge in [0.1, 0.15) is 38.1 Å². The lowest BCUT2D eigenvalue weighted by Crippen LogP contribution is -3.10. The van der Waals surface area contributed by atoms with Gasteiger partial charge in [-0.25, -0.2) is 4.79 Å². The molecule has 0 heterocycles. The highest BCUT2D eigenvalue weighted by atomic mass is 16.5. The zero-order valence-corrected chi connectivity index (χ0v) is 17.2. The molecule has 3 rings (SSSR count). The molecule has 0 radical (unpaired) electrons. The molecular formula is C25H28NO4+. The van der Waals surface area contributed by atoms with E-state index in [4.69, 9.17) is 9.47 Å². The van der Waals surface area contributed by atoms with Crippen molar-refractivity contribution in [2.45, 2.75) is 19.2 Å². The van der Waals surface area contributed by atoms with E-state index in [0.29, 0.717) is 17.9 Å². The molecule has 5 nitrogen and oxygen atoms in total. The molecule has 30 heavy (non-hydrogen) atoms. The van der Waals surface area contributed by atoms with Gasteiger partial charge in [-0.1, -0.05) is 60.7 Å². The maximum Gasteiger partial charge on any atom is 0.337 e. The largest absolute Gasteiger partial charge is 0.491 e. The van der Waals surface area contributed by atoms with Gasteiger partial charge < -0.3 is 19.5 Å². The Morgan fingerprint density at radius 3 is 1.90 bits per heavy atom. The van der Waals surface area contributed by atoms with E-state index in [-0.39, 0.29) is 12.6 Å². The first-order valence-electron chi connectivity index (χ1n) is 10.0. The summed E-state index contributed by atoms with van der Waals surface area (Å²) in [6.07, 6.45) is -0.618. The number of benzene rings is 3. The molecule has 0 fully saturated rings. The second-order valence-electron chi connectivity index (χ2n) is 7.26. The standard InChI is InChI=1S/C25H27NO4/c1-29-25(28)22-12-14-24(15-13-22)30-19-23(27)18-26(16-20-8-4-2-5-9-20)17-21-10-6-3-7-11-21/h2-15,23,27H,16-19H2,1H3/p+1/t23-/m0/s1. The summed E-state index contributed by atoms with van der Waals surface area (Å²) in [4.78, 5) is 12.8. The van der Waals surface area contributed by atoms with Crippen LogP contribution in [0.5, 0.6) is 5.75 Å². The minimum absolute atomic E-state index is 0.185. The summed E-state index contributed by atoms with van der Waals surface area (Å²) in [6, 6.07) is 27.3. The first-order chi connectivity index (χ1) is 14.6. The fourth-order valence-electron chi connectivity index (χ4n) is 3.37. The molecule has 3 aromatic rings. The highest BCUT2D eigenvalue weighted by Crippen LogP contribution is 2.13. The Bertz CT molecular complexity index is 856. The normalized spacial score (nSPS) is 11.8. The number of esters is 1. The Hall–Kier alpha value is -3.15. The number of rotatable bonds is 10. The maximum absolute atomic E-state index is 11.5. The minimum atomic E-state index is -0.618. The summed E-state index contributed by atoms with van der Waals surface area (Å²) < 4.78 is 10.4. The van der Waals surface area contributed by atoms with Crippen LogP contribution in [0.2, 0.25) is 0 Å². The molecule has 3 aromatic carbocycles. The highest BCUT2D eigenvalue weighted by molar-refractivity contribution is 5.89. The molecule has 0 saturated carbocycles. The average Bonchev–Trinajstić information content (AvgIpc) is 2.79. The second-order valence-corrected chi connectivity index (χ2v) is 7.26. The van der Waals surface area contributed by atoms with E-state index < -0.39 is 6.10 Å². The van der Waals surface area contributed by atoms with Gasteiger partial charge in [0.15, 0.2) is 0 Å². The Balaban J connectivity index is 1.58. The topological polar surface area (TPSA) is 60.2 Å². The van der Waals surface area contributed by atoms with Gasteiger partial charge in [-0.05, 0) is 24.3 Å². The van der Waals surface area contributed by atoms with Gasteiger partial charge in [-0.3, -0.25) is 0 Å². The number of quaternary nitrogens is 1. The molecule has 0 unspecified atom stereocenters. The van der Waals surface area contributed by atoms with Gasteiger partial charge in [-0.15, -0.1) is 0 Å². The smallest absolute Gasteiger partial charge is 0.337 e. The van der Waals surface area contributed by atoms with Crippen molar-refractivity contribution in [3.63, 3.8) is 0 Å². The molecule has 0 saturated heterocycles. The van der Waals surface area contributed by atoms with Crippen LogP contribution in [-0.2, 0) is 17.8 Å². The van der Waals surface area contributed by atoms with Crippen molar-refractivity contribution in [1.82, 2.24) is 0 Å². The first-order valence-corrected chi connectivity index (χ1v) is 10.0. The third-order valence-electron chi connectivity index (χ3n) is 4.84. The molecule has 0 amide bonds. The molecule has 5 heteroatoms. The van der Waals surface area contributed by atoms with Gasteiger partial charge >= 0.3 is 5.97 Å². The van der Waals surface area contributed by atoms with E-state index in [0.717, 1.165) is 13.1 Å². The van der Waals surface area contributed by atoms with Crippen LogP contribution in [0.3, 0.4) is 0 Å². The summed E-state index contributed by atoms with van der Waals surface area (Å²) in [5.74, 6) is 0.219. The van der Waals surface area contributed by atoms with E-state index in [2.05, 4.69) is 24.3 Å². The second kappa shape index (κ2) is 11.1. The number of carbonyl (C=O) groups excluding carboxylic acids is 1. The van der Waals surface area contributed by atoms with Gasteiger partial charge in [0, 0.05) is 11.1 Å². The Morgan fingerprint density at radius 2 is 1.40 bits per heavy atom. The van der Waals surface area contributed by atoms with E-state index in [1.165, 1.54) is 23.1 Å². The number of aliphatic hydroxyl groups excluding tert-OH is 1. The lowest BCUT2D eigenvalue weighted by molar-refractivity contribution is -0.930. The van der Waals surface area contributed by atoms with Crippen molar-refractivity contribution >= 4 is 5.97 Å². The number of hydrogen-bond donors (Lipinski definition) is 2. The molecule has 1 atom stereocenters. The van der Waals surface area contributed by atoms with Crippen LogP contribution in [0, 0.1) is 0 Å². The highest BCUT2D eigenvalue weighted by Gasteiger charge is 2.17. The van der Waals surface area contributed by atoms with Crippen LogP contribution in [-0.4, -0.2) is 37.4 Å². The van der Waals surface area contributed by atoms with Gasteiger partial charge in [0.05, 0.1) is 12.7 Å². The molecule has 0 aromatic heterocycles. The zero-order valence-electron chi connectivity index (χ0n) is 17.2. The quantitative estimate of drug-likeness (QED) is 0.508. The number of aliphatic hydroxyl groups is 1. The minimum Gasteiger partial charge on any atom is -0.491 e. The van der Waals surface area contributed by atoms with E-state index in [9.17, 15) is 9.90 Å². The molecule has 0 bridgehead atoms. The molecule has 2 N–H and O–H groups in total. The molecule has 0 aliphatic rings. The van der Waals surface area contributed by atoms with E-state index >= 15 is 0 Å². The van der Waals surface area contributed by atoms with Gasteiger partial charge in [0.25, 0.3) is 0 Å². The monoisotopic (exact) mass is 406 g/mol. The van der Waals surface area contributed by atoms with Crippen LogP contribution >= 0.6 is 0 Å². The van der Waals surface area contributed by atoms with Gasteiger partial charge in [-0.2, -0.15) is 0 Å². The van der Waals surface area contributed by atoms with E-state index in [1.807, 2.05) is 36.4 Å². The lowest BCUT2D eigenvalue weighted by Gasteiger charge is -2.23. The number of ether oxygens (including phenoxy) is 2. The Kier molecular flexibility index (Phi) is 8.01. The third-order valence-corrected chi connectivity index (χ3v) is 4.84. The summed E-state index contributed by atoms with van der Waals surface area (Å²) in [5.41, 5.74) is 2.93. The Labute approximate surface area is 177 Å². The SMILES string of the molecule is COC(=O)c1ccc(OC[C@@H](O)C[NH+](Cc2ccccc2)Cc2ccccc2)cc1. The van der Waals surface area contributed by atoms with Gasteiger partial charge in [0.2, 0.25) is 0 Å². The van der Waals surface area contributed by atoms with Crippen molar-refractivity contribution < 1.29 is 24.3 Å². The van der Waals surface area contributed by atoms with Crippen LogP contribution < -0.4 is 9.64 Å². The van der Waals surface area contributed by atoms with Crippen molar-refractivity contribution in [1.29, 1.82) is 0 Å². The predicted octanol–water partition coefficient (Wildman–Crippen LogP) is 2.50. The molecule has 0 spiro atoms. The first kappa shape index (κ1) is 21.6. The Morgan fingerprint density at radius 1 is 0.867 bits per heavy atom. The average molecular weight is 407 g/mol. The van der Waals surface area contributed by atoms with Crippen molar-refractivity contribution in [3.8, 4) is 5.75 Å². The third kappa shape index (κ3) is 6.72. The number of carbonyl (C=O) groups is 1. The summed E-state index contributed by atoms with van der Waals surface area (Å²) in [7, 11) is 1.35. The number of methoxy groups -OCH3 is 1. The van der Waals surface area contributed by atoms with E-state index in [1.54, 1.807) is 24.3 Å². The molecule has 0 aliphatic heterocycles. The maximum atomic E-state index is 11.5. The number of nitrogens with one attached hydrogen (secondary N) is 1. The fraction of sp³-hybridized carbons (Fsp3) is 0.240. The molecular weight excluding hydrogens is 378 g/mol. The van der Waals surface area contributed by atoms with Crippen LogP contribution in [0.15, 0.2) is 84.9 Å². The van der Waals surface area contributed by atoms with Crippen molar-refractivity contribution in [3.05, 3.63) is 102 Å². The van der Waals surface area contributed by atoms with Crippen LogP contribution in [0.1, 0.15) is 21.5 Å². The predicted molar refractivity (Wildman–Crippen MR) is 115 cm³/mol.